The number of unbranched alkanes of at least 4 members (excludes halogenated alkanes) is 10. The van der Waals surface area contributed by atoms with Crippen LogP contribution in [0.2, 0.25) is 0 Å². The Hall–Kier alpha value is 0. The Kier molecular flexibility index (Phi) is 13.6. The maximum absolute atomic E-state index is 2.33. The van der Waals surface area contributed by atoms with Gasteiger partial charge in [-0.25, -0.2) is 0 Å². The maximum Gasteiger partial charge on any atom is -0.0287 e. The molecule has 5 rings (SSSR count). The Balaban J connectivity index is 0.910. The van der Waals surface area contributed by atoms with Gasteiger partial charge in [-0.15, -0.1) is 0 Å². The highest BCUT2D eigenvalue weighted by atomic mass is 14.6. The van der Waals surface area contributed by atoms with Crippen LogP contribution in [0, 0.1) is 46.3 Å². The lowest BCUT2D eigenvalue weighted by molar-refractivity contribution is -0.109. The van der Waals surface area contributed by atoms with Gasteiger partial charge in [0.25, 0.3) is 0 Å². The van der Waals surface area contributed by atoms with Crippen LogP contribution in [0.3, 0.4) is 0 Å². The van der Waals surface area contributed by atoms with Crippen molar-refractivity contribution >= 4 is 0 Å². The van der Waals surface area contributed by atoms with E-state index in [-0.39, 0.29) is 0 Å². The van der Waals surface area contributed by atoms with Crippen molar-refractivity contribution in [2.45, 2.75) is 219 Å². The second kappa shape index (κ2) is 17.1. The summed E-state index contributed by atoms with van der Waals surface area (Å²) in [7, 11) is 0. The van der Waals surface area contributed by atoms with Crippen molar-refractivity contribution in [3.63, 3.8) is 0 Å². The Morgan fingerprint density at radius 3 is 1.02 bits per heavy atom. The summed E-state index contributed by atoms with van der Waals surface area (Å²) in [5.74, 6) is 6.60. The van der Waals surface area contributed by atoms with E-state index in [1.54, 1.807) is 128 Å². The molecule has 5 aliphatic carbocycles. The van der Waals surface area contributed by atoms with Crippen LogP contribution in [0.5, 0.6) is 0 Å². The largest absolute Gasteiger partial charge is 0.0654 e. The summed E-state index contributed by atoms with van der Waals surface area (Å²) in [4.78, 5) is 0. The summed E-state index contributed by atoms with van der Waals surface area (Å²) >= 11 is 0. The lowest BCUT2D eigenvalue weighted by atomic mass is 9.43. The normalized spacial score (nSPS) is 39.0. The first-order valence-corrected chi connectivity index (χ1v) is 20.6. The van der Waals surface area contributed by atoms with E-state index in [4.69, 9.17) is 0 Å². The van der Waals surface area contributed by atoms with Gasteiger partial charge in [-0.2, -0.15) is 0 Å². The van der Waals surface area contributed by atoms with Gasteiger partial charge in [0.2, 0.25) is 0 Å². The maximum atomic E-state index is 2.33. The quantitative estimate of drug-likeness (QED) is 0.159. The van der Waals surface area contributed by atoms with Gasteiger partial charge < -0.3 is 0 Å². The number of hydrogen-bond donors (Lipinski definition) is 0. The van der Waals surface area contributed by atoms with Crippen LogP contribution >= 0.6 is 0 Å². The molecule has 0 radical (unpaired) electrons. The lowest BCUT2D eigenvalue weighted by Gasteiger charge is -2.62. The highest BCUT2D eigenvalue weighted by Gasteiger charge is 2.56. The molecule has 0 amide bonds. The molecule has 2 spiro atoms. The second-order valence-corrected chi connectivity index (χ2v) is 17.7. The molecule has 0 unspecified atom stereocenters. The molecule has 0 atom stereocenters. The molecule has 0 aromatic heterocycles. The van der Waals surface area contributed by atoms with Crippen molar-refractivity contribution in [2.75, 3.05) is 0 Å². The molecule has 5 aliphatic rings. The first-order valence-electron chi connectivity index (χ1n) is 20.6. The van der Waals surface area contributed by atoms with Gasteiger partial charge in [0.15, 0.2) is 0 Å². The van der Waals surface area contributed by atoms with Crippen LogP contribution in [-0.2, 0) is 0 Å². The minimum Gasteiger partial charge on any atom is -0.0654 e. The van der Waals surface area contributed by atoms with Gasteiger partial charge >= 0.3 is 0 Å². The van der Waals surface area contributed by atoms with Gasteiger partial charge in [-0.3, -0.25) is 0 Å². The van der Waals surface area contributed by atoms with Gasteiger partial charge in [-0.1, -0.05) is 129 Å². The first kappa shape index (κ1) is 33.4. The van der Waals surface area contributed by atoms with Gasteiger partial charge in [0.1, 0.15) is 0 Å². The van der Waals surface area contributed by atoms with Crippen molar-refractivity contribution in [1.82, 2.24) is 0 Å². The molecule has 5 saturated carbocycles. The van der Waals surface area contributed by atoms with E-state index < -0.39 is 0 Å². The van der Waals surface area contributed by atoms with Crippen LogP contribution in [0.1, 0.15) is 219 Å². The van der Waals surface area contributed by atoms with Crippen LogP contribution in [-0.4, -0.2) is 0 Å². The molecule has 0 aromatic rings. The molecule has 0 heterocycles. The van der Waals surface area contributed by atoms with E-state index in [2.05, 4.69) is 13.8 Å². The molecule has 0 heteroatoms. The molecule has 5 fully saturated rings. The minimum atomic E-state index is 0.812. The fraction of sp³-hybridized carbons (Fsp3) is 1.00. The van der Waals surface area contributed by atoms with E-state index >= 15 is 0 Å². The summed E-state index contributed by atoms with van der Waals surface area (Å²) in [5.41, 5.74) is 1.62. The third-order valence-electron chi connectivity index (χ3n) is 14.7. The van der Waals surface area contributed by atoms with Crippen molar-refractivity contribution in [3.8, 4) is 0 Å². The van der Waals surface area contributed by atoms with E-state index in [0.29, 0.717) is 0 Å². The zero-order chi connectivity index (χ0) is 29.1. The zero-order valence-corrected chi connectivity index (χ0v) is 29.1. The highest BCUT2D eigenvalue weighted by molar-refractivity contribution is 5.07. The van der Waals surface area contributed by atoms with Crippen LogP contribution in [0.15, 0.2) is 0 Å². The summed E-state index contributed by atoms with van der Waals surface area (Å²) in [6, 6.07) is 0. The number of rotatable bonds is 16. The monoisotopic (exact) mass is 581 g/mol. The highest BCUT2D eigenvalue weighted by Crippen LogP contribution is 2.67. The third-order valence-corrected chi connectivity index (χ3v) is 14.7. The topological polar surface area (TPSA) is 0 Å². The van der Waals surface area contributed by atoms with Gasteiger partial charge in [0, 0.05) is 0 Å². The molecule has 0 nitrogen and oxygen atoms in total. The van der Waals surface area contributed by atoms with E-state index in [1.807, 2.05) is 0 Å². The Morgan fingerprint density at radius 1 is 0.357 bits per heavy atom. The van der Waals surface area contributed by atoms with Crippen molar-refractivity contribution in [3.05, 3.63) is 0 Å². The number of hydrogen-bond acceptors (Lipinski definition) is 0. The van der Waals surface area contributed by atoms with Gasteiger partial charge in [-0.05, 0) is 136 Å². The first-order chi connectivity index (χ1) is 20.6. The molecule has 0 N–H and O–H groups in total. The fourth-order valence-electron chi connectivity index (χ4n) is 12.0. The van der Waals surface area contributed by atoms with E-state index in [9.17, 15) is 0 Å². The molecular formula is C42H76. The van der Waals surface area contributed by atoms with Crippen molar-refractivity contribution < 1.29 is 0 Å². The van der Waals surface area contributed by atoms with Crippen LogP contribution in [0.4, 0.5) is 0 Å². The van der Waals surface area contributed by atoms with Crippen molar-refractivity contribution in [1.29, 1.82) is 0 Å². The van der Waals surface area contributed by atoms with E-state index in [1.165, 1.54) is 77.0 Å². The van der Waals surface area contributed by atoms with Crippen molar-refractivity contribution in [2.24, 2.45) is 46.3 Å². The summed E-state index contributed by atoms with van der Waals surface area (Å²) in [6.45, 7) is 4.67. The van der Waals surface area contributed by atoms with E-state index in [0.717, 1.165) is 46.3 Å². The Labute approximate surface area is 265 Å². The molecule has 0 aromatic carbocycles. The second-order valence-electron chi connectivity index (χ2n) is 17.7. The van der Waals surface area contributed by atoms with Crippen LogP contribution in [0.25, 0.3) is 0 Å². The lowest BCUT2D eigenvalue weighted by Crippen LogP contribution is -2.50. The zero-order valence-electron chi connectivity index (χ0n) is 29.1. The predicted octanol–water partition coefficient (Wildman–Crippen LogP) is 14.2. The fourth-order valence-corrected chi connectivity index (χ4v) is 12.0. The molecule has 42 heavy (non-hydrogen) atoms. The average Bonchev–Trinajstić information content (AvgIpc) is 3.01. The summed E-state index contributed by atoms with van der Waals surface area (Å²) in [5, 5.41) is 0. The SMILES string of the molecule is CCCCCCCC[C@H]1CC[C@H](C2CCC3(CC2)CC2(CCC([C@H]4CC[C@H](CCCCCCCC)CC4)CC2)C3)CC1. The molecule has 244 valence electrons. The van der Waals surface area contributed by atoms with Gasteiger partial charge in [0.05, 0.1) is 0 Å². The predicted molar refractivity (Wildman–Crippen MR) is 185 cm³/mol. The summed E-state index contributed by atoms with van der Waals surface area (Å²) < 4.78 is 0. The average molecular weight is 581 g/mol. The smallest absolute Gasteiger partial charge is 0.0287 e. The Bertz CT molecular complexity index is 632. The molecular weight excluding hydrogens is 504 g/mol. The molecule has 0 bridgehead atoms. The molecule has 0 saturated heterocycles. The van der Waals surface area contributed by atoms with Crippen LogP contribution < -0.4 is 0 Å². The third kappa shape index (κ3) is 9.51. The Morgan fingerprint density at radius 2 is 0.667 bits per heavy atom. The summed E-state index contributed by atoms with van der Waals surface area (Å²) in [6.07, 6.45) is 49.6. The standard InChI is InChI=1S/C42H76/c1-3-5-7-9-11-13-15-35-17-21-37(22-18-35)39-25-29-41(30-26-39)33-42(34-41)31-27-40(28-32-42)38-23-19-36(20-24-38)16-14-12-10-8-6-4-2/h35-40H,3-34H2,1-2H3/t35-,36-,37-,38-,39?,40?,41?,42?. The molecule has 0 aliphatic heterocycles. The minimum absolute atomic E-state index is 0.812.